The van der Waals surface area contributed by atoms with Crippen LogP contribution < -0.4 is 0 Å². The maximum Gasteiger partial charge on any atom is 0.192 e. The Kier molecular flexibility index (Phi) is 4.51. The molecule has 0 fully saturated rings. The predicted molar refractivity (Wildman–Crippen MR) is 121 cm³/mol. The highest BCUT2D eigenvalue weighted by atomic mass is 127. The summed E-state index contributed by atoms with van der Waals surface area (Å²) in [5.41, 5.74) is 1.97. The van der Waals surface area contributed by atoms with Crippen molar-refractivity contribution in [1.82, 2.24) is 0 Å². The Morgan fingerprint density at radius 2 is 1.27 bits per heavy atom. The molecule has 26 heavy (non-hydrogen) atoms. The Morgan fingerprint density at radius 3 is 1.77 bits per heavy atom. The van der Waals surface area contributed by atoms with Crippen molar-refractivity contribution in [1.29, 1.82) is 0 Å². The minimum Gasteiger partial charge on any atom is -0.428 e. The van der Waals surface area contributed by atoms with Gasteiger partial charge in [0.2, 0.25) is 0 Å². The molecule has 0 atom stereocenters. The molecule has 2 heteroatoms. The van der Waals surface area contributed by atoms with Gasteiger partial charge >= 0.3 is 0 Å². The van der Waals surface area contributed by atoms with E-state index in [4.69, 9.17) is 3.07 Å². The summed E-state index contributed by atoms with van der Waals surface area (Å²) in [6, 6.07) is 23.7. The van der Waals surface area contributed by atoms with Crippen LogP contribution in [-0.2, 0) is 3.07 Å². The molecule has 0 aliphatic carbocycles. The maximum absolute atomic E-state index is 5.26. The van der Waals surface area contributed by atoms with Crippen molar-refractivity contribution < 1.29 is 3.07 Å². The van der Waals surface area contributed by atoms with Crippen LogP contribution in [0.15, 0.2) is 97.8 Å². The first kappa shape index (κ1) is 16.9. The van der Waals surface area contributed by atoms with Crippen molar-refractivity contribution in [3.05, 3.63) is 103 Å². The monoisotopic (exact) mass is 448 g/mol. The van der Waals surface area contributed by atoms with Gasteiger partial charge in [0.05, 0.1) is 0 Å². The molecule has 0 aliphatic heterocycles. The lowest BCUT2D eigenvalue weighted by Gasteiger charge is -2.12. The van der Waals surface area contributed by atoms with Crippen molar-refractivity contribution in [2.75, 3.05) is 0 Å². The normalized spacial score (nSPS) is 11.8. The van der Waals surface area contributed by atoms with Crippen LogP contribution in [0.4, 0.5) is 0 Å². The minimum atomic E-state index is 0.694. The van der Waals surface area contributed by atoms with Crippen LogP contribution in [0.3, 0.4) is 0 Å². The molecule has 1 nitrogen and oxygen atoms in total. The Labute approximate surface area is 167 Å². The van der Waals surface area contributed by atoms with Gasteiger partial charge in [-0.1, -0.05) is 73.8 Å². The second kappa shape index (κ2) is 6.96. The van der Waals surface area contributed by atoms with Gasteiger partial charge in [0.1, 0.15) is 5.76 Å². The van der Waals surface area contributed by atoms with Gasteiger partial charge in [-0.25, -0.2) is 0 Å². The molecule has 0 saturated heterocycles. The van der Waals surface area contributed by atoms with Crippen LogP contribution in [0.1, 0.15) is 5.56 Å². The molecule has 0 spiro atoms. The molecule has 0 heterocycles. The number of rotatable bonds is 4. The summed E-state index contributed by atoms with van der Waals surface area (Å²) in [6.45, 7) is 7.97. The molecule has 0 N–H and O–H groups in total. The standard InChI is InChI=1S/C24H17IO/c1-3-18(26-25)14-16(2)17-12-13-23-21-10-5-4-8-19(21)20-9-6-7-11-22(20)24(23)15-17/h3-15H,1-2H2/b18-14+. The summed E-state index contributed by atoms with van der Waals surface area (Å²) in [5, 5.41) is 7.59. The van der Waals surface area contributed by atoms with E-state index in [1.165, 1.54) is 32.3 Å². The van der Waals surface area contributed by atoms with E-state index >= 15 is 0 Å². The van der Waals surface area contributed by atoms with Crippen molar-refractivity contribution in [3.63, 3.8) is 0 Å². The first-order chi connectivity index (χ1) is 12.7. The minimum absolute atomic E-state index is 0.694. The third kappa shape index (κ3) is 2.80. The zero-order valence-electron chi connectivity index (χ0n) is 14.2. The number of benzene rings is 4. The number of fused-ring (bicyclic) bond motifs is 6. The van der Waals surface area contributed by atoms with Crippen LogP contribution in [0.2, 0.25) is 0 Å². The third-order valence-electron chi connectivity index (χ3n) is 4.72. The first-order valence-electron chi connectivity index (χ1n) is 8.38. The summed E-state index contributed by atoms with van der Waals surface area (Å²) in [7, 11) is 0. The molecule has 0 amide bonds. The van der Waals surface area contributed by atoms with Gasteiger partial charge in [0, 0.05) is 0 Å². The summed E-state index contributed by atoms with van der Waals surface area (Å²) in [5.74, 6) is 0.694. The zero-order chi connectivity index (χ0) is 18.1. The van der Waals surface area contributed by atoms with E-state index < -0.39 is 0 Å². The smallest absolute Gasteiger partial charge is 0.192 e. The summed E-state index contributed by atoms with van der Waals surface area (Å²) in [4.78, 5) is 0. The van der Waals surface area contributed by atoms with Gasteiger partial charge in [0.25, 0.3) is 0 Å². The van der Waals surface area contributed by atoms with E-state index in [1.807, 2.05) is 29.1 Å². The Bertz CT molecular complexity index is 1170. The maximum atomic E-state index is 5.26. The second-order valence-electron chi connectivity index (χ2n) is 6.20. The van der Waals surface area contributed by atoms with Crippen molar-refractivity contribution in [3.8, 4) is 0 Å². The van der Waals surface area contributed by atoms with Crippen LogP contribution in [0, 0.1) is 0 Å². The van der Waals surface area contributed by atoms with E-state index in [2.05, 4.69) is 79.9 Å². The Balaban J connectivity index is 2.03. The fourth-order valence-corrected chi connectivity index (χ4v) is 3.78. The molecule has 0 bridgehead atoms. The van der Waals surface area contributed by atoms with E-state index in [1.54, 1.807) is 6.08 Å². The first-order valence-corrected chi connectivity index (χ1v) is 9.26. The molecule has 0 saturated carbocycles. The second-order valence-corrected chi connectivity index (χ2v) is 6.65. The predicted octanol–water partition coefficient (Wildman–Crippen LogP) is 7.60. The lowest BCUT2D eigenvalue weighted by atomic mass is 9.92. The van der Waals surface area contributed by atoms with E-state index in [-0.39, 0.29) is 0 Å². The quantitative estimate of drug-likeness (QED) is 0.135. The van der Waals surface area contributed by atoms with E-state index in [0.29, 0.717) is 5.76 Å². The van der Waals surface area contributed by atoms with Crippen LogP contribution in [-0.4, -0.2) is 0 Å². The molecular formula is C24H17IO. The summed E-state index contributed by atoms with van der Waals surface area (Å²) in [6.07, 6.45) is 3.59. The van der Waals surface area contributed by atoms with Crippen LogP contribution in [0.5, 0.6) is 0 Å². The average Bonchev–Trinajstić information content (AvgIpc) is 2.71. The van der Waals surface area contributed by atoms with Gasteiger partial charge in [-0.15, -0.1) is 0 Å². The van der Waals surface area contributed by atoms with Gasteiger partial charge in [-0.05, 0) is 61.7 Å². The van der Waals surface area contributed by atoms with Crippen LogP contribution in [0.25, 0.3) is 37.9 Å². The van der Waals surface area contributed by atoms with Crippen molar-refractivity contribution >= 4 is 60.9 Å². The Hall–Kier alpha value is -2.59. The zero-order valence-corrected chi connectivity index (χ0v) is 16.4. The van der Waals surface area contributed by atoms with Crippen molar-refractivity contribution in [2.24, 2.45) is 0 Å². The highest BCUT2D eigenvalue weighted by Crippen LogP contribution is 2.36. The fourth-order valence-electron chi connectivity index (χ4n) is 3.48. The number of hydrogen-bond donors (Lipinski definition) is 0. The molecule has 126 valence electrons. The van der Waals surface area contributed by atoms with Crippen molar-refractivity contribution in [2.45, 2.75) is 0 Å². The molecule has 4 aromatic rings. The van der Waals surface area contributed by atoms with Gasteiger partial charge < -0.3 is 3.07 Å². The van der Waals surface area contributed by atoms with Gasteiger partial charge in [-0.3, -0.25) is 0 Å². The largest absolute Gasteiger partial charge is 0.428 e. The number of allylic oxidation sites excluding steroid dienone is 3. The average molecular weight is 448 g/mol. The molecule has 0 unspecified atom stereocenters. The summed E-state index contributed by atoms with van der Waals surface area (Å²) < 4.78 is 5.26. The molecule has 4 rings (SSSR count). The number of halogens is 1. The highest BCUT2D eigenvalue weighted by molar-refractivity contribution is 14.1. The molecule has 4 aromatic carbocycles. The Morgan fingerprint density at radius 1 is 0.769 bits per heavy atom. The van der Waals surface area contributed by atoms with Crippen LogP contribution >= 0.6 is 23.0 Å². The van der Waals surface area contributed by atoms with Gasteiger partial charge in [-0.2, -0.15) is 0 Å². The summed E-state index contributed by atoms with van der Waals surface area (Å²) >= 11 is 1.86. The van der Waals surface area contributed by atoms with E-state index in [9.17, 15) is 0 Å². The third-order valence-corrected chi connectivity index (χ3v) is 5.23. The highest BCUT2D eigenvalue weighted by Gasteiger charge is 2.09. The number of hydrogen-bond acceptors (Lipinski definition) is 1. The fraction of sp³-hybridized carbons (Fsp3) is 0. The molecule has 0 aromatic heterocycles. The SMILES string of the molecule is C=C/C(=C\C(=C)c1ccc2c3ccccc3c3ccccc3c2c1)OI. The lowest BCUT2D eigenvalue weighted by Crippen LogP contribution is -1.87. The topological polar surface area (TPSA) is 9.23 Å². The lowest BCUT2D eigenvalue weighted by molar-refractivity contribution is 0.589. The van der Waals surface area contributed by atoms with Gasteiger partial charge in [0.15, 0.2) is 23.0 Å². The molecular weight excluding hydrogens is 431 g/mol. The van der Waals surface area contributed by atoms with E-state index in [0.717, 1.165) is 11.1 Å². The molecule has 0 aliphatic rings. The molecule has 0 radical (unpaired) electrons.